The Labute approximate surface area is 144 Å². The average molecular weight is 337 g/mol. The standard InChI is InChI=1S/C18H15N3O4/c1-3-11-19-16(22)12-7-4-5-8-13(12)21-17(23)14-9-6-10-15(20-14)18(24)25-2/h1,4-10H,11H2,2H3,(H,19,22)(H,21,23). The number of hydrogen-bond acceptors (Lipinski definition) is 5. The fraction of sp³-hybridized carbons (Fsp3) is 0.111. The molecule has 1 aromatic carbocycles. The van der Waals surface area contributed by atoms with Crippen LogP contribution in [0, 0.1) is 12.3 Å². The van der Waals surface area contributed by atoms with Crippen LogP contribution in [0.15, 0.2) is 42.5 Å². The van der Waals surface area contributed by atoms with Crippen molar-refractivity contribution in [3.8, 4) is 12.3 Å². The van der Waals surface area contributed by atoms with Gasteiger partial charge in [-0.25, -0.2) is 9.78 Å². The number of nitrogens with one attached hydrogen (secondary N) is 2. The summed E-state index contributed by atoms with van der Waals surface area (Å²) >= 11 is 0. The van der Waals surface area contributed by atoms with E-state index in [-0.39, 0.29) is 23.5 Å². The van der Waals surface area contributed by atoms with Gasteiger partial charge in [0.2, 0.25) is 0 Å². The first-order valence-corrected chi connectivity index (χ1v) is 7.24. The van der Waals surface area contributed by atoms with Crippen LogP contribution in [0.4, 0.5) is 5.69 Å². The molecule has 0 unspecified atom stereocenters. The summed E-state index contributed by atoms with van der Waals surface area (Å²) < 4.78 is 4.58. The number of para-hydroxylation sites is 1. The van der Waals surface area contributed by atoms with Crippen molar-refractivity contribution in [1.29, 1.82) is 0 Å². The minimum Gasteiger partial charge on any atom is -0.464 e. The number of amides is 2. The summed E-state index contributed by atoms with van der Waals surface area (Å²) in [6, 6.07) is 10.9. The summed E-state index contributed by atoms with van der Waals surface area (Å²) in [5.41, 5.74) is 0.583. The van der Waals surface area contributed by atoms with Crippen molar-refractivity contribution in [2.45, 2.75) is 0 Å². The molecule has 0 aliphatic heterocycles. The summed E-state index contributed by atoms with van der Waals surface area (Å²) in [6.45, 7) is 0.0733. The summed E-state index contributed by atoms with van der Waals surface area (Å²) in [5.74, 6) is 0.676. The van der Waals surface area contributed by atoms with E-state index in [1.165, 1.54) is 25.3 Å². The van der Waals surface area contributed by atoms with Gasteiger partial charge in [-0.3, -0.25) is 9.59 Å². The third-order valence-corrected chi connectivity index (χ3v) is 3.15. The zero-order valence-electron chi connectivity index (χ0n) is 13.4. The van der Waals surface area contributed by atoms with E-state index in [0.29, 0.717) is 5.69 Å². The van der Waals surface area contributed by atoms with Crippen LogP contribution in [0.1, 0.15) is 31.3 Å². The lowest BCUT2D eigenvalue weighted by Gasteiger charge is -2.10. The van der Waals surface area contributed by atoms with Gasteiger partial charge in [0.15, 0.2) is 0 Å². The normalized spacial score (nSPS) is 9.60. The number of ether oxygens (including phenoxy) is 1. The second kappa shape index (κ2) is 8.26. The first kappa shape index (κ1) is 17.7. The van der Waals surface area contributed by atoms with E-state index in [2.05, 4.69) is 26.3 Å². The zero-order valence-corrected chi connectivity index (χ0v) is 13.4. The number of nitrogens with zero attached hydrogens (tertiary/aromatic N) is 1. The number of hydrogen-bond donors (Lipinski definition) is 2. The predicted octanol–water partition coefficient (Wildman–Crippen LogP) is 1.48. The Hall–Kier alpha value is -3.66. The Kier molecular flexibility index (Phi) is 5.85. The number of benzene rings is 1. The molecule has 1 heterocycles. The molecule has 1 aromatic heterocycles. The van der Waals surface area contributed by atoms with Gasteiger partial charge in [0.25, 0.3) is 11.8 Å². The second-order valence-corrected chi connectivity index (χ2v) is 4.79. The molecule has 7 heteroatoms. The van der Waals surface area contributed by atoms with Gasteiger partial charge in [0, 0.05) is 0 Å². The van der Waals surface area contributed by atoms with Crippen LogP contribution in [-0.4, -0.2) is 36.4 Å². The lowest BCUT2D eigenvalue weighted by atomic mass is 10.1. The highest BCUT2D eigenvalue weighted by Crippen LogP contribution is 2.16. The van der Waals surface area contributed by atoms with Crippen LogP contribution in [-0.2, 0) is 4.74 Å². The lowest BCUT2D eigenvalue weighted by molar-refractivity contribution is 0.0593. The molecule has 0 radical (unpaired) electrons. The maximum Gasteiger partial charge on any atom is 0.356 e. The van der Waals surface area contributed by atoms with Gasteiger partial charge in [-0.2, -0.15) is 0 Å². The molecule has 0 spiro atoms. The van der Waals surface area contributed by atoms with Crippen LogP contribution in [0.5, 0.6) is 0 Å². The fourth-order valence-corrected chi connectivity index (χ4v) is 1.98. The Morgan fingerprint density at radius 2 is 1.80 bits per heavy atom. The SMILES string of the molecule is C#CCNC(=O)c1ccccc1NC(=O)c1cccc(C(=O)OC)n1. The third-order valence-electron chi connectivity index (χ3n) is 3.15. The first-order valence-electron chi connectivity index (χ1n) is 7.24. The van der Waals surface area contributed by atoms with Gasteiger partial charge in [0.1, 0.15) is 11.4 Å². The number of aromatic nitrogens is 1. The van der Waals surface area contributed by atoms with Crippen LogP contribution in [0.3, 0.4) is 0 Å². The molecular weight excluding hydrogens is 322 g/mol. The summed E-state index contributed by atoms with van der Waals surface area (Å²) in [7, 11) is 1.22. The Bertz CT molecular complexity index is 855. The van der Waals surface area contributed by atoms with E-state index in [0.717, 1.165) is 0 Å². The van der Waals surface area contributed by atoms with Crippen LogP contribution < -0.4 is 10.6 Å². The molecule has 2 N–H and O–H groups in total. The molecule has 2 aromatic rings. The molecule has 0 aliphatic carbocycles. The highest BCUT2D eigenvalue weighted by molar-refractivity contribution is 6.08. The van der Waals surface area contributed by atoms with Crippen molar-refractivity contribution in [1.82, 2.24) is 10.3 Å². The Balaban J connectivity index is 2.23. The van der Waals surface area contributed by atoms with Crippen molar-refractivity contribution in [3.63, 3.8) is 0 Å². The number of anilines is 1. The molecule has 0 atom stereocenters. The van der Waals surface area contributed by atoms with Crippen molar-refractivity contribution >= 4 is 23.5 Å². The highest BCUT2D eigenvalue weighted by atomic mass is 16.5. The molecule has 0 bridgehead atoms. The van der Waals surface area contributed by atoms with E-state index < -0.39 is 17.8 Å². The van der Waals surface area contributed by atoms with Crippen molar-refractivity contribution in [2.24, 2.45) is 0 Å². The summed E-state index contributed by atoms with van der Waals surface area (Å²) in [4.78, 5) is 39.9. The van der Waals surface area contributed by atoms with Gasteiger partial charge in [0.05, 0.1) is 24.9 Å². The van der Waals surface area contributed by atoms with Gasteiger partial charge >= 0.3 is 5.97 Å². The quantitative estimate of drug-likeness (QED) is 0.636. The number of esters is 1. The molecule has 126 valence electrons. The number of methoxy groups -OCH3 is 1. The van der Waals surface area contributed by atoms with E-state index >= 15 is 0 Å². The number of carbonyl (C=O) groups excluding carboxylic acids is 3. The van der Waals surface area contributed by atoms with Gasteiger partial charge in [-0.1, -0.05) is 24.1 Å². The van der Waals surface area contributed by atoms with E-state index in [1.807, 2.05) is 0 Å². The lowest BCUT2D eigenvalue weighted by Crippen LogP contribution is -2.25. The molecular formula is C18H15N3O4. The monoisotopic (exact) mass is 337 g/mol. The minimum atomic E-state index is -0.649. The molecule has 7 nitrogen and oxygen atoms in total. The smallest absolute Gasteiger partial charge is 0.356 e. The van der Waals surface area contributed by atoms with Crippen molar-refractivity contribution in [2.75, 3.05) is 19.0 Å². The molecule has 0 saturated heterocycles. The molecule has 0 aliphatic rings. The maximum atomic E-state index is 12.4. The maximum absolute atomic E-state index is 12.4. The minimum absolute atomic E-state index is 0.00944. The molecule has 0 fully saturated rings. The summed E-state index contributed by atoms with van der Waals surface area (Å²) in [6.07, 6.45) is 5.12. The van der Waals surface area contributed by atoms with E-state index in [4.69, 9.17) is 6.42 Å². The molecule has 2 rings (SSSR count). The molecule has 25 heavy (non-hydrogen) atoms. The molecule has 0 saturated carbocycles. The van der Waals surface area contributed by atoms with Crippen LogP contribution in [0.25, 0.3) is 0 Å². The Morgan fingerprint density at radius 1 is 1.08 bits per heavy atom. The Morgan fingerprint density at radius 3 is 2.52 bits per heavy atom. The number of pyridine rings is 1. The topological polar surface area (TPSA) is 97.4 Å². The number of carbonyl (C=O) groups is 3. The van der Waals surface area contributed by atoms with Crippen LogP contribution in [0.2, 0.25) is 0 Å². The van der Waals surface area contributed by atoms with Gasteiger partial charge < -0.3 is 15.4 Å². The predicted molar refractivity (Wildman–Crippen MR) is 91.1 cm³/mol. The van der Waals surface area contributed by atoms with Crippen molar-refractivity contribution in [3.05, 3.63) is 59.4 Å². The number of terminal acetylenes is 1. The van der Waals surface area contributed by atoms with Gasteiger partial charge in [-0.15, -0.1) is 6.42 Å². The fourth-order valence-electron chi connectivity index (χ4n) is 1.98. The zero-order chi connectivity index (χ0) is 18.2. The van der Waals surface area contributed by atoms with Gasteiger partial charge in [-0.05, 0) is 24.3 Å². The molecule has 2 amide bonds. The largest absolute Gasteiger partial charge is 0.464 e. The van der Waals surface area contributed by atoms with E-state index in [1.54, 1.807) is 24.3 Å². The number of rotatable bonds is 5. The summed E-state index contributed by atoms with van der Waals surface area (Å²) in [5, 5.41) is 5.13. The second-order valence-electron chi connectivity index (χ2n) is 4.79. The van der Waals surface area contributed by atoms with Crippen LogP contribution >= 0.6 is 0 Å². The van der Waals surface area contributed by atoms with Crippen molar-refractivity contribution < 1.29 is 19.1 Å². The first-order chi connectivity index (χ1) is 12.1. The average Bonchev–Trinajstić information content (AvgIpc) is 2.65. The van der Waals surface area contributed by atoms with E-state index in [9.17, 15) is 14.4 Å². The third kappa shape index (κ3) is 4.42. The highest BCUT2D eigenvalue weighted by Gasteiger charge is 2.16.